The molecule has 0 N–H and O–H groups in total. The van der Waals surface area contributed by atoms with Crippen LogP contribution in [0.25, 0.3) is 5.78 Å². The Kier molecular flexibility index (Phi) is 2.25. The van der Waals surface area contributed by atoms with Gasteiger partial charge in [-0.2, -0.15) is 0 Å². The van der Waals surface area contributed by atoms with Gasteiger partial charge in [0.2, 0.25) is 5.78 Å². The van der Waals surface area contributed by atoms with Gasteiger partial charge in [-0.25, -0.2) is 9.97 Å². The van der Waals surface area contributed by atoms with Crippen molar-refractivity contribution in [2.24, 2.45) is 11.3 Å². The van der Waals surface area contributed by atoms with E-state index in [4.69, 9.17) is 0 Å². The summed E-state index contributed by atoms with van der Waals surface area (Å²) in [6.07, 6.45) is 7.38. The van der Waals surface area contributed by atoms with E-state index in [9.17, 15) is 0 Å². The fraction of sp³-hybridized carbons (Fsp3) is 0.571. The quantitative estimate of drug-likeness (QED) is 0.695. The lowest BCUT2D eigenvalue weighted by atomic mass is 9.73. The van der Waals surface area contributed by atoms with Crippen molar-refractivity contribution in [3.8, 4) is 0 Å². The molecule has 1 atom stereocenters. The Hall–Kier alpha value is -1.38. The largest absolute Gasteiger partial charge is 0.288 e. The zero-order valence-electron chi connectivity index (χ0n) is 10.8. The minimum Gasteiger partial charge on any atom is -0.288 e. The molecular formula is C14H19N3. The summed E-state index contributed by atoms with van der Waals surface area (Å²) in [5.41, 5.74) is 3.01. The van der Waals surface area contributed by atoms with Crippen LogP contribution in [0.5, 0.6) is 0 Å². The number of aromatic nitrogens is 3. The van der Waals surface area contributed by atoms with Crippen LogP contribution in [0.4, 0.5) is 0 Å². The average molecular weight is 229 g/mol. The van der Waals surface area contributed by atoms with Crippen molar-refractivity contribution in [2.75, 3.05) is 0 Å². The minimum absolute atomic E-state index is 0.379. The van der Waals surface area contributed by atoms with E-state index in [2.05, 4.69) is 41.3 Å². The van der Waals surface area contributed by atoms with Crippen molar-refractivity contribution in [1.29, 1.82) is 0 Å². The Balaban J connectivity index is 2.06. The van der Waals surface area contributed by atoms with Crippen molar-refractivity contribution in [2.45, 2.75) is 40.0 Å². The highest BCUT2D eigenvalue weighted by Gasteiger charge is 2.31. The zero-order valence-corrected chi connectivity index (χ0v) is 10.8. The van der Waals surface area contributed by atoms with Gasteiger partial charge in [0, 0.05) is 18.1 Å². The molecular weight excluding hydrogens is 210 g/mol. The highest BCUT2D eigenvalue weighted by molar-refractivity contribution is 5.36. The molecule has 1 unspecified atom stereocenters. The maximum absolute atomic E-state index is 4.62. The molecule has 0 amide bonds. The van der Waals surface area contributed by atoms with Crippen molar-refractivity contribution >= 4 is 5.78 Å². The van der Waals surface area contributed by atoms with Gasteiger partial charge < -0.3 is 0 Å². The number of hydrogen-bond acceptors (Lipinski definition) is 2. The molecule has 0 radical (unpaired) electrons. The van der Waals surface area contributed by atoms with Gasteiger partial charge in [0.1, 0.15) is 0 Å². The second-order valence-corrected chi connectivity index (χ2v) is 6.10. The Morgan fingerprint density at radius 3 is 2.94 bits per heavy atom. The molecule has 0 aromatic carbocycles. The molecule has 17 heavy (non-hydrogen) atoms. The number of hydrogen-bond donors (Lipinski definition) is 0. The van der Waals surface area contributed by atoms with Crippen molar-refractivity contribution in [3.05, 3.63) is 29.8 Å². The molecule has 0 aliphatic heterocycles. The number of aryl methyl sites for hydroxylation is 1. The summed E-state index contributed by atoms with van der Waals surface area (Å²) < 4.78 is 2.16. The second kappa shape index (κ2) is 3.56. The molecule has 0 saturated carbocycles. The van der Waals surface area contributed by atoms with Gasteiger partial charge in [-0.3, -0.25) is 4.40 Å². The first kappa shape index (κ1) is 10.8. The molecule has 90 valence electrons. The van der Waals surface area contributed by atoms with Crippen LogP contribution >= 0.6 is 0 Å². The second-order valence-electron chi connectivity index (χ2n) is 6.10. The highest BCUT2D eigenvalue weighted by atomic mass is 15.1. The van der Waals surface area contributed by atoms with Gasteiger partial charge in [0.05, 0.1) is 5.69 Å². The molecule has 2 aromatic rings. The summed E-state index contributed by atoms with van der Waals surface area (Å²) >= 11 is 0. The predicted molar refractivity (Wildman–Crippen MR) is 68.0 cm³/mol. The lowest BCUT2D eigenvalue weighted by Gasteiger charge is -2.33. The molecule has 0 spiro atoms. The minimum atomic E-state index is 0.379. The SMILES string of the molecule is CC(C)(C)C1CCc2nc3ncccn3c2C1. The van der Waals surface area contributed by atoms with E-state index in [-0.39, 0.29) is 0 Å². The van der Waals surface area contributed by atoms with Crippen LogP contribution in [-0.4, -0.2) is 14.4 Å². The Morgan fingerprint density at radius 2 is 2.18 bits per heavy atom. The van der Waals surface area contributed by atoms with Crippen molar-refractivity contribution in [3.63, 3.8) is 0 Å². The first-order chi connectivity index (χ1) is 8.05. The van der Waals surface area contributed by atoms with E-state index in [1.54, 1.807) is 0 Å². The summed E-state index contributed by atoms with van der Waals surface area (Å²) in [5.74, 6) is 1.60. The first-order valence-corrected chi connectivity index (χ1v) is 6.36. The molecule has 0 bridgehead atoms. The van der Waals surface area contributed by atoms with Crippen LogP contribution in [0.1, 0.15) is 38.6 Å². The van der Waals surface area contributed by atoms with Crippen LogP contribution in [0.2, 0.25) is 0 Å². The third-order valence-electron chi connectivity index (χ3n) is 3.98. The molecule has 1 aliphatic rings. The molecule has 2 heterocycles. The van der Waals surface area contributed by atoms with E-state index in [1.807, 2.05) is 12.3 Å². The smallest absolute Gasteiger partial charge is 0.234 e. The van der Waals surface area contributed by atoms with Gasteiger partial charge in [-0.15, -0.1) is 0 Å². The zero-order chi connectivity index (χ0) is 12.0. The van der Waals surface area contributed by atoms with Gasteiger partial charge in [0.15, 0.2) is 0 Å². The normalized spacial score (nSPS) is 20.5. The summed E-state index contributed by atoms with van der Waals surface area (Å²) in [4.78, 5) is 8.95. The third-order valence-corrected chi connectivity index (χ3v) is 3.98. The highest BCUT2D eigenvalue weighted by Crippen LogP contribution is 2.37. The maximum Gasteiger partial charge on any atom is 0.234 e. The van der Waals surface area contributed by atoms with Gasteiger partial charge in [-0.05, 0) is 36.7 Å². The molecule has 2 aromatic heterocycles. The van der Waals surface area contributed by atoms with E-state index in [1.165, 1.54) is 17.8 Å². The van der Waals surface area contributed by atoms with Gasteiger partial charge >= 0.3 is 0 Å². The Morgan fingerprint density at radius 1 is 1.35 bits per heavy atom. The van der Waals surface area contributed by atoms with E-state index in [0.29, 0.717) is 5.41 Å². The lowest BCUT2D eigenvalue weighted by Crippen LogP contribution is -2.27. The standard InChI is InChI=1S/C14H19N3/c1-14(2,3)10-5-6-11-12(9-10)17-8-4-7-15-13(17)16-11/h4,7-8,10H,5-6,9H2,1-3H3. The number of rotatable bonds is 0. The lowest BCUT2D eigenvalue weighted by molar-refractivity contribution is 0.213. The topological polar surface area (TPSA) is 30.2 Å². The monoisotopic (exact) mass is 229 g/mol. The van der Waals surface area contributed by atoms with E-state index < -0.39 is 0 Å². The maximum atomic E-state index is 4.62. The van der Waals surface area contributed by atoms with E-state index >= 15 is 0 Å². The fourth-order valence-electron chi connectivity index (χ4n) is 2.78. The van der Waals surface area contributed by atoms with Crippen LogP contribution in [0.3, 0.4) is 0 Å². The average Bonchev–Trinajstić information content (AvgIpc) is 2.65. The molecule has 0 saturated heterocycles. The molecule has 3 heteroatoms. The van der Waals surface area contributed by atoms with Crippen molar-refractivity contribution in [1.82, 2.24) is 14.4 Å². The van der Waals surface area contributed by atoms with Crippen LogP contribution in [0, 0.1) is 11.3 Å². The molecule has 3 rings (SSSR count). The van der Waals surface area contributed by atoms with Crippen LogP contribution < -0.4 is 0 Å². The number of imidazole rings is 1. The van der Waals surface area contributed by atoms with Gasteiger partial charge in [-0.1, -0.05) is 20.8 Å². The fourth-order valence-corrected chi connectivity index (χ4v) is 2.78. The van der Waals surface area contributed by atoms with Crippen LogP contribution in [-0.2, 0) is 12.8 Å². The predicted octanol–water partition coefficient (Wildman–Crippen LogP) is 2.88. The Bertz CT molecular complexity index is 548. The molecule has 3 nitrogen and oxygen atoms in total. The summed E-state index contributed by atoms with van der Waals surface area (Å²) in [6, 6.07) is 1.98. The summed E-state index contributed by atoms with van der Waals surface area (Å²) in [5, 5.41) is 0. The third kappa shape index (κ3) is 1.74. The number of fused-ring (bicyclic) bond motifs is 3. The van der Waals surface area contributed by atoms with Crippen molar-refractivity contribution < 1.29 is 0 Å². The summed E-state index contributed by atoms with van der Waals surface area (Å²) in [7, 11) is 0. The molecule has 1 aliphatic carbocycles. The van der Waals surface area contributed by atoms with Gasteiger partial charge in [0.25, 0.3) is 0 Å². The summed E-state index contributed by atoms with van der Waals surface area (Å²) in [6.45, 7) is 7.01. The van der Waals surface area contributed by atoms with Crippen LogP contribution in [0.15, 0.2) is 18.5 Å². The molecule has 0 fully saturated rings. The number of nitrogens with zero attached hydrogens (tertiary/aromatic N) is 3. The Labute approximate surface area is 102 Å². The first-order valence-electron chi connectivity index (χ1n) is 6.36. The van der Waals surface area contributed by atoms with E-state index in [0.717, 1.165) is 24.5 Å².